The molecule has 1 saturated carbocycles. The summed E-state index contributed by atoms with van der Waals surface area (Å²) < 4.78 is 5.66. The van der Waals surface area contributed by atoms with Gasteiger partial charge >= 0.3 is 0 Å². The van der Waals surface area contributed by atoms with Gasteiger partial charge in [-0.25, -0.2) is 0 Å². The molecule has 1 saturated heterocycles. The fourth-order valence-electron chi connectivity index (χ4n) is 2.69. The lowest BCUT2D eigenvalue weighted by molar-refractivity contribution is 0.0661. The van der Waals surface area contributed by atoms with Gasteiger partial charge in [0.05, 0.1) is 6.10 Å². The smallest absolute Gasteiger partial charge is 0.0703 e. The van der Waals surface area contributed by atoms with Crippen LogP contribution in [0.5, 0.6) is 0 Å². The maximum absolute atomic E-state index is 5.66. The van der Waals surface area contributed by atoms with Crippen LogP contribution in [0.25, 0.3) is 0 Å². The highest BCUT2D eigenvalue weighted by Gasteiger charge is 2.31. The zero-order valence-corrected chi connectivity index (χ0v) is 10.9. The van der Waals surface area contributed by atoms with Crippen molar-refractivity contribution in [3.05, 3.63) is 0 Å². The van der Waals surface area contributed by atoms with Crippen LogP contribution in [0, 0.1) is 0 Å². The summed E-state index contributed by atoms with van der Waals surface area (Å²) in [7, 11) is 2.26. The van der Waals surface area contributed by atoms with Gasteiger partial charge in [-0.3, -0.25) is 4.90 Å². The molecule has 1 N–H and O–H groups in total. The first kappa shape index (κ1) is 12.3. The second kappa shape index (κ2) is 5.48. The lowest BCUT2D eigenvalue weighted by Gasteiger charge is -2.34. The Labute approximate surface area is 99.5 Å². The van der Waals surface area contributed by atoms with Crippen molar-refractivity contribution in [2.24, 2.45) is 0 Å². The Bertz CT molecular complexity index is 218. The van der Waals surface area contributed by atoms with Crippen LogP contribution in [0.4, 0.5) is 0 Å². The first-order valence-electron chi connectivity index (χ1n) is 6.79. The maximum atomic E-state index is 5.66. The van der Waals surface area contributed by atoms with Crippen molar-refractivity contribution >= 4 is 0 Å². The van der Waals surface area contributed by atoms with E-state index in [1.165, 1.54) is 25.7 Å². The second-order valence-corrected chi connectivity index (χ2v) is 5.34. The molecule has 3 atom stereocenters. The van der Waals surface area contributed by atoms with Crippen molar-refractivity contribution in [2.45, 2.75) is 63.8 Å². The van der Waals surface area contributed by atoms with Crippen LogP contribution in [0.1, 0.15) is 39.5 Å². The van der Waals surface area contributed by atoms with Crippen LogP contribution in [-0.4, -0.2) is 49.3 Å². The minimum atomic E-state index is 0.403. The van der Waals surface area contributed by atoms with Crippen molar-refractivity contribution in [3.63, 3.8) is 0 Å². The molecule has 0 aromatic rings. The molecule has 3 nitrogen and oxygen atoms in total. The highest BCUT2D eigenvalue weighted by Crippen LogP contribution is 2.22. The minimum Gasteiger partial charge on any atom is -0.377 e. The maximum Gasteiger partial charge on any atom is 0.0703 e. The molecule has 0 spiro atoms. The molecule has 1 aliphatic heterocycles. The van der Waals surface area contributed by atoms with Gasteiger partial charge in [-0.2, -0.15) is 0 Å². The zero-order chi connectivity index (χ0) is 11.5. The highest BCUT2D eigenvalue weighted by molar-refractivity contribution is 4.87. The average molecular weight is 226 g/mol. The number of nitrogens with one attached hydrogen (secondary N) is 1. The van der Waals surface area contributed by atoms with Gasteiger partial charge in [0.1, 0.15) is 0 Å². The lowest BCUT2D eigenvalue weighted by atomic mass is 10.1. The molecule has 0 aromatic heterocycles. The number of hydrogen-bond donors (Lipinski definition) is 1. The standard InChI is InChI=1S/C13H26N2O/c1-4-12(9-14-11-5-6-11)15(3)13-7-8-16-10(13)2/h10-14H,4-9H2,1-3H3. The molecule has 2 rings (SSSR count). The largest absolute Gasteiger partial charge is 0.377 e. The van der Waals surface area contributed by atoms with Crippen LogP contribution in [0.2, 0.25) is 0 Å². The molecule has 94 valence electrons. The zero-order valence-electron chi connectivity index (χ0n) is 10.9. The van der Waals surface area contributed by atoms with Crippen LogP contribution in [0.3, 0.4) is 0 Å². The van der Waals surface area contributed by atoms with Crippen LogP contribution < -0.4 is 5.32 Å². The molecular weight excluding hydrogens is 200 g/mol. The van der Waals surface area contributed by atoms with Crippen LogP contribution >= 0.6 is 0 Å². The molecule has 2 aliphatic rings. The van der Waals surface area contributed by atoms with Crippen molar-refractivity contribution in [3.8, 4) is 0 Å². The van der Waals surface area contributed by atoms with Gasteiger partial charge in [-0.1, -0.05) is 6.92 Å². The Morgan fingerprint density at radius 3 is 2.62 bits per heavy atom. The summed E-state index contributed by atoms with van der Waals surface area (Å²) in [5.74, 6) is 0. The molecule has 16 heavy (non-hydrogen) atoms. The Morgan fingerprint density at radius 2 is 2.12 bits per heavy atom. The Kier molecular flexibility index (Phi) is 4.22. The van der Waals surface area contributed by atoms with Gasteiger partial charge in [-0.15, -0.1) is 0 Å². The molecule has 3 unspecified atom stereocenters. The molecule has 0 aromatic carbocycles. The molecule has 3 heteroatoms. The summed E-state index contributed by atoms with van der Waals surface area (Å²) in [5, 5.41) is 3.64. The van der Waals surface area contributed by atoms with E-state index < -0.39 is 0 Å². The number of nitrogens with zero attached hydrogens (tertiary/aromatic N) is 1. The highest BCUT2D eigenvalue weighted by atomic mass is 16.5. The van der Waals surface area contributed by atoms with Crippen molar-refractivity contribution in [1.29, 1.82) is 0 Å². The van der Waals surface area contributed by atoms with Crippen molar-refractivity contribution < 1.29 is 4.74 Å². The predicted molar refractivity (Wildman–Crippen MR) is 66.7 cm³/mol. The molecular formula is C13H26N2O. The van der Waals surface area contributed by atoms with E-state index in [1.807, 2.05) is 0 Å². The normalized spacial score (nSPS) is 32.2. The fraction of sp³-hybridized carbons (Fsp3) is 1.00. The summed E-state index contributed by atoms with van der Waals surface area (Å²) in [5.41, 5.74) is 0. The van der Waals surface area contributed by atoms with Gasteiger partial charge in [0.2, 0.25) is 0 Å². The summed E-state index contributed by atoms with van der Waals surface area (Å²) in [6.07, 6.45) is 5.57. The first-order chi connectivity index (χ1) is 7.72. The Morgan fingerprint density at radius 1 is 1.38 bits per heavy atom. The van der Waals surface area contributed by atoms with E-state index >= 15 is 0 Å². The molecule has 0 amide bonds. The molecule has 1 aliphatic carbocycles. The second-order valence-electron chi connectivity index (χ2n) is 5.34. The Balaban J connectivity index is 1.80. The van der Waals surface area contributed by atoms with Crippen molar-refractivity contribution in [1.82, 2.24) is 10.2 Å². The summed E-state index contributed by atoms with van der Waals surface area (Å²) in [4.78, 5) is 2.53. The minimum absolute atomic E-state index is 0.403. The summed E-state index contributed by atoms with van der Waals surface area (Å²) in [6, 6.07) is 2.10. The number of rotatable bonds is 6. The molecule has 0 radical (unpaired) electrons. The number of ether oxygens (including phenoxy) is 1. The molecule has 2 fully saturated rings. The number of hydrogen-bond acceptors (Lipinski definition) is 3. The van der Waals surface area contributed by atoms with Crippen LogP contribution in [0.15, 0.2) is 0 Å². The first-order valence-corrected chi connectivity index (χ1v) is 6.79. The van der Waals surface area contributed by atoms with Crippen molar-refractivity contribution in [2.75, 3.05) is 20.2 Å². The van der Waals surface area contributed by atoms with Gasteiger partial charge in [-0.05, 0) is 39.7 Å². The third-order valence-electron chi connectivity index (χ3n) is 4.13. The number of likely N-dealkylation sites (N-methyl/N-ethyl adjacent to an activating group) is 1. The third-order valence-corrected chi connectivity index (χ3v) is 4.13. The SMILES string of the molecule is CCC(CNC1CC1)N(C)C1CCOC1C. The monoisotopic (exact) mass is 226 g/mol. The predicted octanol–water partition coefficient (Wildman–Crippen LogP) is 1.63. The van der Waals surface area contributed by atoms with E-state index in [0.29, 0.717) is 18.2 Å². The topological polar surface area (TPSA) is 24.5 Å². The van der Waals surface area contributed by atoms with E-state index in [-0.39, 0.29) is 0 Å². The van der Waals surface area contributed by atoms with E-state index in [9.17, 15) is 0 Å². The van der Waals surface area contributed by atoms with E-state index in [1.54, 1.807) is 0 Å². The van der Waals surface area contributed by atoms with Gasteiger partial charge < -0.3 is 10.1 Å². The summed E-state index contributed by atoms with van der Waals surface area (Å²) in [6.45, 7) is 6.56. The van der Waals surface area contributed by atoms with E-state index in [0.717, 1.165) is 19.2 Å². The quantitative estimate of drug-likeness (QED) is 0.745. The fourth-order valence-corrected chi connectivity index (χ4v) is 2.69. The van der Waals surface area contributed by atoms with Crippen LogP contribution in [-0.2, 0) is 4.74 Å². The van der Waals surface area contributed by atoms with Gasteiger partial charge in [0.15, 0.2) is 0 Å². The lowest BCUT2D eigenvalue weighted by Crippen LogP contribution is -2.48. The molecule has 1 heterocycles. The average Bonchev–Trinajstić information content (AvgIpc) is 3.00. The van der Waals surface area contributed by atoms with Gasteiger partial charge in [0, 0.05) is 31.3 Å². The van der Waals surface area contributed by atoms with Gasteiger partial charge in [0.25, 0.3) is 0 Å². The van der Waals surface area contributed by atoms with E-state index in [4.69, 9.17) is 4.74 Å². The van der Waals surface area contributed by atoms with E-state index in [2.05, 4.69) is 31.1 Å². The summed E-state index contributed by atoms with van der Waals surface area (Å²) >= 11 is 0. The third kappa shape index (κ3) is 2.96. The Hall–Kier alpha value is -0.120. The molecule has 0 bridgehead atoms.